The molecule has 0 fully saturated rings. The molecule has 1 aromatic heterocycles. The second kappa shape index (κ2) is 8.64. The van der Waals surface area contributed by atoms with Gasteiger partial charge in [0, 0.05) is 12.4 Å². The van der Waals surface area contributed by atoms with Crippen molar-refractivity contribution in [2.24, 2.45) is 5.10 Å². The van der Waals surface area contributed by atoms with Crippen LogP contribution >= 0.6 is 11.8 Å². The van der Waals surface area contributed by atoms with Gasteiger partial charge in [-0.15, -0.1) is 0 Å². The van der Waals surface area contributed by atoms with E-state index in [1.54, 1.807) is 42.7 Å². The van der Waals surface area contributed by atoms with E-state index in [0.29, 0.717) is 10.7 Å². The van der Waals surface area contributed by atoms with E-state index in [1.165, 1.54) is 25.1 Å². The Morgan fingerprint density at radius 3 is 2.61 bits per heavy atom. The quantitative estimate of drug-likeness (QED) is 0.284. The van der Waals surface area contributed by atoms with Gasteiger partial charge in [0.25, 0.3) is 5.91 Å². The van der Waals surface area contributed by atoms with Gasteiger partial charge in [-0.2, -0.15) is 5.10 Å². The number of amides is 1. The topological polar surface area (TPSA) is 93.5 Å². The largest absolute Gasteiger partial charge is 0.465 e. The average molecular weight is 330 g/mol. The van der Waals surface area contributed by atoms with Crippen LogP contribution in [0.1, 0.15) is 15.9 Å². The summed E-state index contributed by atoms with van der Waals surface area (Å²) in [6, 6.07) is 8.36. The zero-order valence-corrected chi connectivity index (χ0v) is 13.1. The lowest BCUT2D eigenvalue weighted by molar-refractivity contribution is -0.118. The molecule has 118 valence electrons. The van der Waals surface area contributed by atoms with Crippen LogP contribution in [0.15, 0.2) is 53.0 Å². The van der Waals surface area contributed by atoms with Crippen LogP contribution in [0.2, 0.25) is 0 Å². The van der Waals surface area contributed by atoms with Gasteiger partial charge in [-0.25, -0.2) is 20.2 Å². The Morgan fingerprint density at radius 2 is 1.96 bits per heavy atom. The molecule has 2 aromatic rings. The minimum Gasteiger partial charge on any atom is -0.465 e. The highest BCUT2D eigenvalue weighted by Crippen LogP contribution is 2.09. The van der Waals surface area contributed by atoms with Crippen molar-refractivity contribution >= 4 is 29.9 Å². The number of hydrazone groups is 1. The Morgan fingerprint density at radius 1 is 1.26 bits per heavy atom. The molecule has 23 heavy (non-hydrogen) atoms. The Kier molecular flexibility index (Phi) is 6.25. The van der Waals surface area contributed by atoms with E-state index in [-0.39, 0.29) is 11.7 Å². The highest BCUT2D eigenvalue weighted by atomic mass is 32.2. The van der Waals surface area contributed by atoms with E-state index < -0.39 is 5.97 Å². The van der Waals surface area contributed by atoms with Gasteiger partial charge >= 0.3 is 5.97 Å². The van der Waals surface area contributed by atoms with Crippen LogP contribution in [0.5, 0.6) is 0 Å². The molecule has 0 spiro atoms. The zero-order chi connectivity index (χ0) is 16.5. The lowest BCUT2D eigenvalue weighted by Gasteiger charge is -2.00. The van der Waals surface area contributed by atoms with Crippen molar-refractivity contribution in [2.75, 3.05) is 12.9 Å². The van der Waals surface area contributed by atoms with Crippen molar-refractivity contribution in [2.45, 2.75) is 5.16 Å². The van der Waals surface area contributed by atoms with Crippen molar-refractivity contribution in [3.05, 3.63) is 53.9 Å². The van der Waals surface area contributed by atoms with Crippen LogP contribution in [-0.4, -0.2) is 40.9 Å². The third-order valence-corrected chi connectivity index (χ3v) is 3.48. The van der Waals surface area contributed by atoms with Gasteiger partial charge in [0.1, 0.15) is 0 Å². The molecule has 7 nitrogen and oxygen atoms in total. The summed E-state index contributed by atoms with van der Waals surface area (Å²) >= 11 is 1.22. The highest BCUT2D eigenvalue weighted by molar-refractivity contribution is 7.99. The Labute approximate surface area is 137 Å². The van der Waals surface area contributed by atoms with Crippen LogP contribution < -0.4 is 5.43 Å². The van der Waals surface area contributed by atoms with E-state index in [2.05, 4.69) is 25.2 Å². The van der Waals surface area contributed by atoms with Crippen molar-refractivity contribution in [1.29, 1.82) is 0 Å². The molecule has 2 rings (SSSR count). The van der Waals surface area contributed by atoms with Crippen LogP contribution in [-0.2, 0) is 9.53 Å². The fourth-order valence-corrected chi connectivity index (χ4v) is 2.12. The lowest BCUT2D eigenvalue weighted by atomic mass is 10.1. The van der Waals surface area contributed by atoms with E-state index in [9.17, 15) is 9.59 Å². The Balaban J connectivity index is 1.79. The van der Waals surface area contributed by atoms with Crippen LogP contribution in [0.25, 0.3) is 0 Å². The summed E-state index contributed by atoms with van der Waals surface area (Å²) in [4.78, 5) is 30.9. The number of ether oxygens (including phenoxy) is 1. The second-order valence-corrected chi connectivity index (χ2v) is 5.17. The van der Waals surface area contributed by atoms with Gasteiger partial charge in [0.15, 0.2) is 5.16 Å². The molecule has 1 amide bonds. The summed E-state index contributed by atoms with van der Waals surface area (Å²) in [5.74, 6) is -0.491. The number of hydrogen-bond donors (Lipinski definition) is 1. The molecule has 0 aliphatic rings. The van der Waals surface area contributed by atoms with Gasteiger partial charge in [0.2, 0.25) is 0 Å². The van der Waals surface area contributed by atoms with E-state index in [0.717, 1.165) is 5.56 Å². The van der Waals surface area contributed by atoms with Crippen molar-refractivity contribution < 1.29 is 14.3 Å². The Bertz CT molecular complexity index is 690. The number of carbonyl (C=O) groups excluding carboxylic acids is 2. The predicted molar refractivity (Wildman–Crippen MR) is 86.3 cm³/mol. The number of esters is 1. The molecule has 0 unspecified atom stereocenters. The number of benzene rings is 1. The number of hydrogen-bond acceptors (Lipinski definition) is 7. The lowest BCUT2D eigenvalue weighted by Crippen LogP contribution is -2.19. The monoisotopic (exact) mass is 330 g/mol. The summed E-state index contributed by atoms with van der Waals surface area (Å²) in [5, 5.41) is 4.39. The first-order valence-corrected chi connectivity index (χ1v) is 7.57. The van der Waals surface area contributed by atoms with Crippen LogP contribution in [0.4, 0.5) is 0 Å². The first kappa shape index (κ1) is 16.6. The molecule has 0 atom stereocenters. The maximum atomic E-state index is 11.6. The van der Waals surface area contributed by atoms with Gasteiger partial charge in [-0.1, -0.05) is 23.9 Å². The first-order valence-electron chi connectivity index (χ1n) is 6.59. The maximum absolute atomic E-state index is 11.6. The molecule has 0 saturated heterocycles. The molecule has 0 aliphatic heterocycles. The van der Waals surface area contributed by atoms with E-state index >= 15 is 0 Å². The maximum Gasteiger partial charge on any atom is 0.337 e. The summed E-state index contributed by atoms with van der Waals surface area (Å²) in [6.45, 7) is 0. The van der Waals surface area contributed by atoms with E-state index in [4.69, 9.17) is 0 Å². The number of carbonyl (C=O) groups is 2. The molecule has 1 aromatic carbocycles. The fraction of sp³-hybridized carbons (Fsp3) is 0.133. The predicted octanol–water partition coefficient (Wildman–Crippen LogP) is 1.51. The minimum atomic E-state index is -0.401. The first-order chi connectivity index (χ1) is 11.2. The van der Waals surface area contributed by atoms with Gasteiger partial charge in [-0.3, -0.25) is 4.79 Å². The van der Waals surface area contributed by atoms with Gasteiger partial charge in [-0.05, 0) is 23.8 Å². The van der Waals surface area contributed by atoms with Crippen LogP contribution in [0, 0.1) is 0 Å². The minimum absolute atomic E-state index is 0.169. The normalized spacial score (nSPS) is 10.5. The molecule has 8 heteroatoms. The smallest absolute Gasteiger partial charge is 0.337 e. The van der Waals surface area contributed by atoms with Gasteiger partial charge in [0.05, 0.1) is 24.6 Å². The molecule has 1 N–H and O–H groups in total. The second-order valence-electron chi connectivity index (χ2n) is 4.23. The van der Waals surface area contributed by atoms with Crippen molar-refractivity contribution in [3.8, 4) is 0 Å². The molecular weight excluding hydrogens is 316 g/mol. The number of nitrogens with zero attached hydrogens (tertiary/aromatic N) is 3. The molecule has 0 bridgehead atoms. The summed E-state index contributed by atoms with van der Waals surface area (Å²) in [5.41, 5.74) is 3.61. The average Bonchev–Trinajstić information content (AvgIpc) is 2.61. The number of nitrogens with one attached hydrogen (secondary N) is 1. The SMILES string of the molecule is COC(=O)c1ccc(C=NNC(=O)CSc2ncccn2)cc1. The van der Waals surface area contributed by atoms with Crippen LogP contribution in [0.3, 0.4) is 0 Å². The summed E-state index contributed by atoms with van der Waals surface area (Å²) in [6.07, 6.45) is 4.72. The molecule has 1 heterocycles. The summed E-state index contributed by atoms with van der Waals surface area (Å²) in [7, 11) is 1.33. The number of methoxy groups -OCH3 is 1. The van der Waals surface area contributed by atoms with Gasteiger partial charge < -0.3 is 4.74 Å². The Hall–Kier alpha value is -2.74. The zero-order valence-electron chi connectivity index (χ0n) is 12.3. The fourth-order valence-electron chi connectivity index (χ4n) is 1.52. The van der Waals surface area contributed by atoms with Crippen molar-refractivity contribution in [1.82, 2.24) is 15.4 Å². The molecular formula is C15H14N4O3S. The highest BCUT2D eigenvalue weighted by Gasteiger charge is 2.04. The number of thioether (sulfide) groups is 1. The third-order valence-electron chi connectivity index (χ3n) is 2.61. The van der Waals surface area contributed by atoms with Crippen molar-refractivity contribution in [3.63, 3.8) is 0 Å². The van der Waals surface area contributed by atoms with E-state index in [1.807, 2.05) is 0 Å². The molecule has 0 saturated carbocycles. The summed E-state index contributed by atoms with van der Waals surface area (Å²) < 4.78 is 4.61. The molecule has 0 aliphatic carbocycles. The standard InChI is InChI=1S/C15H14N4O3S/c1-22-14(21)12-5-3-11(4-6-12)9-18-19-13(20)10-23-15-16-7-2-8-17-15/h2-9H,10H2,1H3,(H,19,20). The number of rotatable bonds is 6. The number of aromatic nitrogens is 2. The third kappa shape index (κ3) is 5.51. The molecule has 0 radical (unpaired) electrons.